The molecule has 0 saturated carbocycles. The minimum Gasteiger partial charge on any atom is -0.468 e. The van der Waals surface area contributed by atoms with E-state index in [2.05, 4.69) is 10.4 Å². The molecule has 3 rings (SSSR count). The number of methoxy groups -OCH3 is 1. The minimum absolute atomic E-state index is 0.107. The van der Waals surface area contributed by atoms with Crippen molar-refractivity contribution in [3.8, 4) is 0 Å². The van der Waals surface area contributed by atoms with Crippen LogP contribution in [0.1, 0.15) is 18.1 Å². The molecule has 0 saturated heterocycles. The first-order chi connectivity index (χ1) is 14.0. The number of carbonyl (C=O) groups is 2. The molecule has 0 aliphatic carbocycles. The first-order valence-electron chi connectivity index (χ1n) is 8.74. The maximum absolute atomic E-state index is 12.7. The van der Waals surface area contributed by atoms with Crippen molar-refractivity contribution >= 4 is 35.0 Å². The number of benzene rings is 2. The van der Waals surface area contributed by atoms with Gasteiger partial charge in [0.1, 0.15) is 5.41 Å². The van der Waals surface area contributed by atoms with E-state index in [4.69, 9.17) is 16.3 Å². The summed E-state index contributed by atoms with van der Waals surface area (Å²) in [4.78, 5) is 25.1. The molecule has 30 heavy (non-hydrogen) atoms. The number of nitrogens with one attached hydrogen (secondary N) is 1. The zero-order valence-electron chi connectivity index (χ0n) is 16.0. The Morgan fingerprint density at radius 1 is 1.13 bits per heavy atom. The van der Waals surface area contributed by atoms with Crippen LogP contribution in [0.15, 0.2) is 53.6 Å². The zero-order chi connectivity index (χ0) is 22.1. The molecule has 0 spiro atoms. The predicted molar refractivity (Wildman–Crippen MR) is 105 cm³/mol. The van der Waals surface area contributed by atoms with E-state index in [-0.39, 0.29) is 12.2 Å². The van der Waals surface area contributed by atoms with Gasteiger partial charge in [0.2, 0.25) is 0 Å². The van der Waals surface area contributed by atoms with Crippen LogP contribution in [-0.2, 0) is 15.7 Å². The normalized spacial score (nSPS) is 18.7. The van der Waals surface area contributed by atoms with Crippen molar-refractivity contribution in [3.63, 3.8) is 0 Å². The van der Waals surface area contributed by atoms with Crippen molar-refractivity contribution in [1.82, 2.24) is 5.01 Å². The molecule has 1 aliphatic heterocycles. The Labute approximate surface area is 175 Å². The molecule has 6 nitrogen and oxygen atoms in total. The number of ether oxygens (including phenoxy) is 1. The number of amides is 2. The van der Waals surface area contributed by atoms with Crippen LogP contribution in [0.25, 0.3) is 0 Å². The van der Waals surface area contributed by atoms with Crippen LogP contribution in [0.4, 0.5) is 23.7 Å². The molecule has 2 aromatic rings. The second kappa shape index (κ2) is 7.98. The van der Waals surface area contributed by atoms with Gasteiger partial charge >= 0.3 is 18.2 Å². The van der Waals surface area contributed by atoms with Gasteiger partial charge in [0.15, 0.2) is 0 Å². The maximum atomic E-state index is 12.7. The van der Waals surface area contributed by atoms with Gasteiger partial charge in [-0.05, 0) is 48.9 Å². The van der Waals surface area contributed by atoms with E-state index < -0.39 is 29.2 Å². The standard InChI is InChI=1S/C20H17ClF3N3O3/c1-19(17(28)30-2)11-27(26-16(19)12-3-7-14(21)8-4-12)18(29)25-15-9-5-13(6-10-15)20(22,23)24/h3-10H,11H2,1-2H3,(H,25,29)/t19-/m0/s1. The number of rotatable bonds is 3. The van der Waals surface area contributed by atoms with Gasteiger partial charge in [0.25, 0.3) is 0 Å². The fourth-order valence-corrected chi connectivity index (χ4v) is 3.19. The van der Waals surface area contributed by atoms with E-state index in [1.807, 2.05) is 0 Å². The number of carbonyl (C=O) groups excluding carboxylic acids is 2. The first kappa shape index (κ1) is 21.6. The number of halogens is 4. The fourth-order valence-electron chi connectivity index (χ4n) is 3.06. The molecule has 0 radical (unpaired) electrons. The lowest BCUT2D eigenvalue weighted by Crippen LogP contribution is -2.42. The molecule has 0 aromatic heterocycles. The molecule has 2 aromatic carbocycles. The lowest BCUT2D eigenvalue weighted by molar-refractivity contribution is -0.147. The topological polar surface area (TPSA) is 71.0 Å². The highest BCUT2D eigenvalue weighted by Crippen LogP contribution is 2.34. The van der Waals surface area contributed by atoms with Crippen LogP contribution in [0, 0.1) is 5.41 Å². The Morgan fingerprint density at radius 2 is 1.73 bits per heavy atom. The van der Waals surface area contributed by atoms with Crippen molar-refractivity contribution in [2.45, 2.75) is 13.1 Å². The summed E-state index contributed by atoms with van der Waals surface area (Å²) in [7, 11) is 1.23. The second-order valence-corrected chi connectivity index (χ2v) is 7.28. The smallest absolute Gasteiger partial charge is 0.416 e. The van der Waals surface area contributed by atoms with Crippen LogP contribution in [0.2, 0.25) is 5.02 Å². The fraction of sp³-hybridized carbons (Fsp3) is 0.250. The number of esters is 1. The van der Waals surface area contributed by atoms with Gasteiger partial charge in [-0.2, -0.15) is 18.3 Å². The molecule has 0 bridgehead atoms. The van der Waals surface area contributed by atoms with Crippen LogP contribution in [-0.4, -0.2) is 36.4 Å². The quantitative estimate of drug-likeness (QED) is 0.699. The van der Waals surface area contributed by atoms with E-state index in [1.54, 1.807) is 31.2 Å². The van der Waals surface area contributed by atoms with Crippen molar-refractivity contribution < 1.29 is 27.5 Å². The average Bonchev–Trinajstić information content (AvgIpc) is 3.06. The third kappa shape index (κ3) is 4.25. The van der Waals surface area contributed by atoms with E-state index in [9.17, 15) is 22.8 Å². The third-order valence-electron chi connectivity index (χ3n) is 4.66. The molecule has 1 N–H and O–H groups in total. The number of nitrogens with zero attached hydrogens (tertiary/aromatic N) is 2. The highest BCUT2D eigenvalue weighted by molar-refractivity contribution is 6.30. The second-order valence-electron chi connectivity index (χ2n) is 6.84. The number of hydrogen-bond acceptors (Lipinski definition) is 4. The SMILES string of the molecule is COC(=O)[C@@]1(C)CN(C(=O)Nc2ccc(C(F)(F)F)cc2)N=C1c1ccc(Cl)cc1. The highest BCUT2D eigenvalue weighted by atomic mass is 35.5. The van der Waals surface area contributed by atoms with E-state index in [0.717, 1.165) is 29.3 Å². The summed E-state index contributed by atoms with van der Waals surface area (Å²) in [6, 6.07) is 9.89. The zero-order valence-corrected chi connectivity index (χ0v) is 16.7. The predicted octanol–water partition coefficient (Wildman–Crippen LogP) is 4.79. The molecule has 2 amide bonds. The van der Waals surface area contributed by atoms with Gasteiger partial charge in [-0.3, -0.25) is 4.79 Å². The number of urea groups is 1. The summed E-state index contributed by atoms with van der Waals surface area (Å²) in [5.41, 5.74) is -1.02. The van der Waals surface area contributed by atoms with Gasteiger partial charge in [-0.15, -0.1) is 0 Å². The Kier molecular flexibility index (Phi) is 5.76. The average molecular weight is 440 g/mol. The summed E-state index contributed by atoms with van der Waals surface area (Å²) < 4.78 is 43.0. The first-order valence-corrected chi connectivity index (χ1v) is 9.11. The van der Waals surface area contributed by atoms with Gasteiger partial charge in [-0.25, -0.2) is 9.80 Å². The summed E-state index contributed by atoms with van der Waals surface area (Å²) >= 11 is 5.91. The van der Waals surface area contributed by atoms with Gasteiger partial charge in [0, 0.05) is 10.7 Å². The minimum atomic E-state index is -4.47. The van der Waals surface area contributed by atoms with Crippen LogP contribution < -0.4 is 5.32 Å². The summed E-state index contributed by atoms with van der Waals surface area (Å²) in [6.45, 7) is 1.49. The van der Waals surface area contributed by atoms with Crippen LogP contribution in [0.5, 0.6) is 0 Å². The summed E-state index contributed by atoms with van der Waals surface area (Å²) in [5, 5.41) is 8.29. The van der Waals surface area contributed by atoms with Crippen molar-refractivity contribution in [1.29, 1.82) is 0 Å². The molecule has 0 fully saturated rings. The van der Waals surface area contributed by atoms with E-state index >= 15 is 0 Å². The van der Waals surface area contributed by atoms with Gasteiger partial charge in [-0.1, -0.05) is 23.7 Å². The molecule has 1 heterocycles. The maximum Gasteiger partial charge on any atom is 0.416 e. The number of hydrogen-bond donors (Lipinski definition) is 1. The van der Waals surface area contributed by atoms with Crippen molar-refractivity contribution in [2.24, 2.45) is 10.5 Å². The summed E-state index contributed by atoms with van der Waals surface area (Å²) in [5.74, 6) is -0.582. The van der Waals surface area contributed by atoms with Crippen molar-refractivity contribution in [3.05, 3.63) is 64.7 Å². The molecule has 10 heteroatoms. The van der Waals surface area contributed by atoms with Gasteiger partial charge < -0.3 is 10.1 Å². The van der Waals surface area contributed by atoms with Crippen LogP contribution in [0.3, 0.4) is 0 Å². The molecule has 1 atom stereocenters. The van der Waals surface area contributed by atoms with Gasteiger partial charge in [0.05, 0.1) is 24.9 Å². The molecule has 0 unspecified atom stereocenters. The number of anilines is 1. The molecular formula is C20H17ClF3N3O3. The summed E-state index contributed by atoms with van der Waals surface area (Å²) in [6.07, 6.45) is -4.47. The number of alkyl halides is 3. The van der Waals surface area contributed by atoms with E-state index in [0.29, 0.717) is 16.3 Å². The Morgan fingerprint density at radius 3 is 2.27 bits per heavy atom. The molecule has 1 aliphatic rings. The number of hydrazone groups is 1. The highest BCUT2D eigenvalue weighted by Gasteiger charge is 2.48. The lowest BCUT2D eigenvalue weighted by atomic mass is 9.82. The van der Waals surface area contributed by atoms with E-state index in [1.165, 1.54) is 7.11 Å². The molecular weight excluding hydrogens is 423 g/mol. The monoisotopic (exact) mass is 439 g/mol. The third-order valence-corrected chi connectivity index (χ3v) is 4.91. The van der Waals surface area contributed by atoms with Crippen LogP contribution >= 0.6 is 11.6 Å². The largest absolute Gasteiger partial charge is 0.468 e. The Hall–Kier alpha value is -3.07. The van der Waals surface area contributed by atoms with Crippen molar-refractivity contribution in [2.75, 3.05) is 19.0 Å². The Balaban J connectivity index is 1.85. The lowest BCUT2D eigenvalue weighted by Gasteiger charge is -2.23. The Bertz CT molecular complexity index is 991. The molecule has 158 valence electrons.